The number of pyridine rings is 1. The zero-order valence-corrected chi connectivity index (χ0v) is 12.9. The Hall–Kier alpha value is -2.73. The lowest BCUT2D eigenvalue weighted by atomic mass is 10.0. The standard InChI is InChI=1S/C17H18N4O2/c1-2-23-8-7-18-17(22)13-5-3-12(4-6-13)14-9-15-11-20-21-16(15)19-10-14/h3-6,9-11H,2,7-8H2,1H3,(H,18,22)(H,19,20,21). The Balaban J connectivity index is 1.69. The number of benzene rings is 1. The molecule has 6 nitrogen and oxygen atoms in total. The fraction of sp³-hybridized carbons (Fsp3) is 0.235. The smallest absolute Gasteiger partial charge is 0.251 e. The maximum absolute atomic E-state index is 12.0. The molecule has 0 unspecified atom stereocenters. The van der Waals surface area contributed by atoms with Gasteiger partial charge in [-0.25, -0.2) is 4.98 Å². The number of hydrogen-bond acceptors (Lipinski definition) is 4. The van der Waals surface area contributed by atoms with E-state index in [1.807, 2.05) is 37.3 Å². The molecule has 6 heteroatoms. The van der Waals surface area contributed by atoms with Crippen LogP contribution in [0.5, 0.6) is 0 Å². The molecule has 0 aliphatic rings. The van der Waals surface area contributed by atoms with Gasteiger partial charge >= 0.3 is 0 Å². The maximum Gasteiger partial charge on any atom is 0.251 e. The fourth-order valence-corrected chi connectivity index (χ4v) is 2.29. The summed E-state index contributed by atoms with van der Waals surface area (Å²) in [5.41, 5.74) is 3.38. The van der Waals surface area contributed by atoms with Crippen molar-refractivity contribution in [3.05, 3.63) is 48.3 Å². The third-order valence-electron chi connectivity index (χ3n) is 3.51. The minimum Gasteiger partial charge on any atom is -0.380 e. The Morgan fingerprint density at radius 3 is 2.83 bits per heavy atom. The van der Waals surface area contributed by atoms with Gasteiger partial charge < -0.3 is 10.1 Å². The molecule has 2 aromatic heterocycles. The molecule has 0 saturated heterocycles. The number of nitrogens with zero attached hydrogens (tertiary/aromatic N) is 2. The number of carbonyl (C=O) groups excluding carboxylic acids is 1. The van der Waals surface area contributed by atoms with Crippen molar-refractivity contribution in [3.63, 3.8) is 0 Å². The molecule has 0 bridgehead atoms. The summed E-state index contributed by atoms with van der Waals surface area (Å²) in [7, 11) is 0. The van der Waals surface area contributed by atoms with Crippen LogP contribution in [0, 0.1) is 0 Å². The number of carbonyl (C=O) groups is 1. The van der Waals surface area contributed by atoms with Gasteiger partial charge in [0.05, 0.1) is 12.8 Å². The molecule has 2 N–H and O–H groups in total. The van der Waals surface area contributed by atoms with Crippen LogP contribution in [0.4, 0.5) is 0 Å². The molecule has 1 amide bonds. The largest absolute Gasteiger partial charge is 0.380 e. The van der Waals surface area contributed by atoms with E-state index in [4.69, 9.17) is 4.74 Å². The van der Waals surface area contributed by atoms with Crippen LogP contribution >= 0.6 is 0 Å². The van der Waals surface area contributed by atoms with Crippen molar-refractivity contribution in [2.24, 2.45) is 0 Å². The summed E-state index contributed by atoms with van der Waals surface area (Å²) in [5.74, 6) is -0.0975. The van der Waals surface area contributed by atoms with Gasteiger partial charge in [0.15, 0.2) is 5.65 Å². The van der Waals surface area contributed by atoms with Crippen molar-refractivity contribution in [1.82, 2.24) is 20.5 Å². The highest BCUT2D eigenvalue weighted by molar-refractivity contribution is 5.94. The van der Waals surface area contributed by atoms with E-state index in [2.05, 4.69) is 20.5 Å². The van der Waals surface area contributed by atoms with Crippen molar-refractivity contribution in [1.29, 1.82) is 0 Å². The number of hydrogen-bond donors (Lipinski definition) is 2. The lowest BCUT2D eigenvalue weighted by Crippen LogP contribution is -2.27. The number of fused-ring (bicyclic) bond motifs is 1. The molecule has 0 aliphatic heterocycles. The summed E-state index contributed by atoms with van der Waals surface area (Å²) >= 11 is 0. The van der Waals surface area contributed by atoms with E-state index in [0.717, 1.165) is 22.2 Å². The zero-order chi connectivity index (χ0) is 16.1. The lowest BCUT2D eigenvalue weighted by molar-refractivity contribution is 0.0922. The molecular formula is C17H18N4O2. The van der Waals surface area contributed by atoms with Gasteiger partial charge in [0, 0.05) is 35.9 Å². The lowest BCUT2D eigenvalue weighted by Gasteiger charge is -2.06. The molecule has 1 aromatic carbocycles. The van der Waals surface area contributed by atoms with Gasteiger partial charge in [0.2, 0.25) is 0 Å². The average molecular weight is 310 g/mol. The number of rotatable bonds is 6. The van der Waals surface area contributed by atoms with Gasteiger partial charge in [-0.1, -0.05) is 12.1 Å². The molecule has 3 rings (SSSR count). The second-order valence-electron chi connectivity index (χ2n) is 5.06. The third kappa shape index (κ3) is 3.54. The Morgan fingerprint density at radius 2 is 2.04 bits per heavy atom. The van der Waals surface area contributed by atoms with Crippen LogP contribution in [0.25, 0.3) is 22.2 Å². The maximum atomic E-state index is 12.0. The molecule has 0 aliphatic carbocycles. The van der Waals surface area contributed by atoms with E-state index in [9.17, 15) is 4.79 Å². The van der Waals surface area contributed by atoms with E-state index in [1.165, 1.54) is 0 Å². The first-order valence-electron chi connectivity index (χ1n) is 7.53. The van der Waals surface area contributed by atoms with E-state index >= 15 is 0 Å². The van der Waals surface area contributed by atoms with Crippen LogP contribution in [0.3, 0.4) is 0 Å². The SMILES string of the molecule is CCOCCNC(=O)c1ccc(-c2cnc3[nH]ncc3c2)cc1. The number of amides is 1. The minimum absolute atomic E-state index is 0.0975. The second-order valence-corrected chi connectivity index (χ2v) is 5.06. The van der Waals surface area contributed by atoms with Crippen LogP contribution in [-0.2, 0) is 4.74 Å². The topological polar surface area (TPSA) is 79.9 Å². The van der Waals surface area contributed by atoms with Crippen LogP contribution in [-0.4, -0.2) is 40.8 Å². The predicted molar refractivity (Wildman–Crippen MR) is 88.2 cm³/mol. The first-order valence-corrected chi connectivity index (χ1v) is 7.53. The van der Waals surface area contributed by atoms with Gasteiger partial charge in [-0.15, -0.1) is 0 Å². The van der Waals surface area contributed by atoms with E-state index in [0.29, 0.717) is 25.3 Å². The Bertz CT molecular complexity index is 796. The quantitative estimate of drug-likeness (QED) is 0.685. The van der Waals surface area contributed by atoms with Crippen LogP contribution in [0.2, 0.25) is 0 Å². The molecule has 118 valence electrons. The summed E-state index contributed by atoms with van der Waals surface area (Å²) in [6, 6.07) is 9.47. The van der Waals surface area contributed by atoms with E-state index in [1.54, 1.807) is 12.4 Å². The van der Waals surface area contributed by atoms with Gasteiger partial charge in [-0.05, 0) is 30.7 Å². The Morgan fingerprint density at radius 1 is 1.22 bits per heavy atom. The van der Waals surface area contributed by atoms with Gasteiger partial charge in [0.1, 0.15) is 0 Å². The average Bonchev–Trinajstić information content (AvgIpc) is 3.06. The Labute approximate surface area is 133 Å². The second kappa shape index (κ2) is 7.02. The number of aromatic amines is 1. The molecule has 3 aromatic rings. The van der Waals surface area contributed by atoms with Gasteiger partial charge in [0.25, 0.3) is 5.91 Å². The molecule has 0 radical (unpaired) electrons. The van der Waals surface area contributed by atoms with Crippen LogP contribution < -0.4 is 5.32 Å². The van der Waals surface area contributed by atoms with Gasteiger partial charge in [-0.2, -0.15) is 5.10 Å². The highest BCUT2D eigenvalue weighted by Gasteiger charge is 2.06. The summed E-state index contributed by atoms with van der Waals surface area (Å²) in [5, 5.41) is 10.6. The van der Waals surface area contributed by atoms with Gasteiger partial charge in [-0.3, -0.25) is 9.89 Å². The van der Waals surface area contributed by atoms with Crippen molar-refractivity contribution in [2.45, 2.75) is 6.92 Å². The Kier molecular flexibility index (Phi) is 4.63. The van der Waals surface area contributed by atoms with Crippen LogP contribution in [0.1, 0.15) is 17.3 Å². The first-order chi connectivity index (χ1) is 11.3. The number of nitrogens with one attached hydrogen (secondary N) is 2. The molecular weight excluding hydrogens is 292 g/mol. The first kappa shape index (κ1) is 15.2. The predicted octanol–water partition coefficient (Wildman–Crippen LogP) is 2.39. The molecule has 0 atom stereocenters. The van der Waals surface area contributed by atoms with Crippen molar-refractivity contribution in [3.8, 4) is 11.1 Å². The van der Waals surface area contributed by atoms with E-state index in [-0.39, 0.29) is 5.91 Å². The molecule has 0 spiro atoms. The fourth-order valence-electron chi connectivity index (χ4n) is 2.29. The zero-order valence-electron chi connectivity index (χ0n) is 12.9. The van der Waals surface area contributed by atoms with Crippen LogP contribution in [0.15, 0.2) is 42.7 Å². The monoisotopic (exact) mass is 310 g/mol. The third-order valence-corrected chi connectivity index (χ3v) is 3.51. The summed E-state index contributed by atoms with van der Waals surface area (Å²) in [6.07, 6.45) is 3.53. The van der Waals surface area contributed by atoms with E-state index < -0.39 is 0 Å². The molecule has 23 heavy (non-hydrogen) atoms. The minimum atomic E-state index is -0.0975. The molecule has 2 heterocycles. The summed E-state index contributed by atoms with van der Waals surface area (Å²) in [6.45, 7) is 3.61. The highest BCUT2D eigenvalue weighted by atomic mass is 16.5. The molecule has 0 saturated carbocycles. The van der Waals surface area contributed by atoms with Crippen molar-refractivity contribution in [2.75, 3.05) is 19.8 Å². The number of H-pyrrole nitrogens is 1. The molecule has 0 fully saturated rings. The van der Waals surface area contributed by atoms with Crippen molar-refractivity contribution < 1.29 is 9.53 Å². The number of aromatic nitrogens is 3. The summed E-state index contributed by atoms with van der Waals surface area (Å²) in [4.78, 5) is 16.3. The highest BCUT2D eigenvalue weighted by Crippen LogP contribution is 2.22. The number of ether oxygens (including phenoxy) is 1. The normalized spacial score (nSPS) is 10.8. The van der Waals surface area contributed by atoms with Crippen molar-refractivity contribution >= 4 is 16.9 Å². The summed E-state index contributed by atoms with van der Waals surface area (Å²) < 4.78 is 5.20.